The van der Waals surface area contributed by atoms with Gasteiger partial charge in [0, 0.05) is 83.8 Å². The molecule has 0 saturated carbocycles. The minimum absolute atomic E-state index is 0.503. The van der Waals surface area contributed by atoms with Crippen LogP contribution in [-0.4, -0.2) is 88.8 Å². The molecule has 11 rings (SSSR count). The topological polar surface area (TPSA) is 61.9 Å². The van der Waals surface area contributed by atoms with Crippen molar-refractivity contribution in [3.63, 3.8) is 0 Å². The van der Waals surface area contributed by atoms with Crippen molar-refractivity contribution in [3.05, 3.63) is 239 Å². The summed E-state index contributed by atoms with van der Waals surface area (Å²) in [5.41, 5.74) is 7.20. The second-order valence-corrected chi connectivity index (χ2v) is 18.8. The molecule has 8 aromatic rings. The Labute approximate surface area is 423 Å². The van der Waals surface area contributed by atoms with E-state index in [1.165, 1.54) is 21.5 Å². The van der Waals surface area contributed by atoms with Crippen molar-refractivity contribution in [2.24, 2.45) is 0 Å². The summed E-state index contributed by atoms with van der Waals surface area (Å²) in [7, 11) is 0. The van der Waals surface area contributed by atoms with E-state index in [4.69, 9.17) is 28.4 Å². The molecule has 1 saturated heterocycles. The standard InChI is InChI=1S/C64H62N2O6/c1-5-19-53(20-6-1)63(54-21-7-2-8-22-54)31-29-59-57-27-15-13-17-49(57)45-51(61(59)71-63)47-65-33-37-67-41-43-69-39-35-66(36-40-70-44-42-68-38-34-65)48-52-46-50-18-14-16-28-58(50)60-30-32-64(72-62(52)60,55-23-9-3-10-24-55)56-25-11-4-12-26-56/h1-32,45-46H,33-44,47-48H2. The fraction of sp³-hybridized carbons (Fsp3) is 0.250. The molecule has 3 aliphatic rings. The van der Waals surface area contributed by atoms with Gasteiger partial charge in [-0.05, 0) is 58.0 Å². The van der Waals surface area contributed by atoms with E-state index in [9.17, 15) is 0 Å². The van der Waals surface area contributed by atoms with Crippen molar-refractivity contribution in [2.75, 3.05) is 79.0 Å². The smallest absolute Gasteiger partial charge is 0.178 e. The van der Waals surface area contributed by atoms with E-state index in [0.29, 0.717) is 65.9 Å². The predicted molar refractivity (Wildman–Crippen MR) is 288 cm³/mol. The first-order chi connectivity index (χ1) is 35.7. The largest absolute Gasteiger partial charge is 0.473 e. The maximum atomic E-state index is 7.39. The molecule has 0 N–H and O–H groups in total. The highest BCUT2D eigenvalue weighted by atomic mass is 16.5. The molecule has 3 heterocycles. The van der Waals surface area contributed by atoms with Crippen molar-refractivity contribution >= 4 is 33.7 Å². The minimum atomic E-state index is -0.788. The van der Waals surface area contributed by atoms with E-state index in [2.05, 4.69) is 216 Å². The molecule has 8 nitrogen and oxygen atoms in total. The third-order valence-electron chi connectivity index (χ3n) is 14.3. The van der Waals surface area contributed by atoms with E-state index < -0.39 is 11.2 Å². The lowest BCUT2D eigenvalue weighted by Crippen LogP contribution is -2.36. The van der Waals surface area contributed by atoms with Gasteiger partial charge in [0.15, 0.2) is 11.2 Å². The third kappa shape index (κ3) is 10.1. The Morgan fingerprint density at radius 1 is 0.347 bits per heavy atom. The van der Waals surface area contributed by atoms with Gasteiger partial charge in [-0.1, -0.05) is 170 Å². The van der Waals surface area contributed by atoms with E-state index in [1.54, 1.807) is 0 Å². The summed E-state index contributed by atoms with van der Waals surface area (Å²) in [4.78, 5) is 4.83. The van der Waals surface area contributed by atoms with Crippen molar-refractivity contribution < 1.29 is 28.4 Å². The molecule has 8 aromatic carbocycles. The third-order valence-corrected chi connectivity index (χ3v) is 14.3. The van der Waals surface area contributed by atoms with E-state index in [1.807, 2.05) is 0 Å². The van der Waals surface area contributed by atoms with Crippen LogP contribution in [0.25, 0.3) is 33.7 Å². The summed E-state index contributed by atoms with van der Waals surface area (Å²) in [5, 5.41) is 4.71. The van der Waals surface area contributed by atoms with Crippen LogP contribution in [0.1, 0.15) is 44.5 Å². The summed E-state index contributed by atoms with van der Waals surface area (Å²) in [6.45, 7) is 8.45. The van der Waals surface area contributed by atoms with Crippen LogP contribution in [0.2, 0.25) is 0 Å². The van der Waals surface area contributed by atoms with Gasteiger partial charge >= 0.3 is 0 Å². The Balaban J connectivity index is 0.784. The summed E-state index contributed by atoms with van der Waals surface area (Å²) >= 11 is 0. The van der Waals surface area contributed by atoms with Gasteiger partial charge in [-0.15, -0.1) is 0 Å². The number of hydrogen-bond donors (Lipinski definition) is 0. The molecule has 0 unspecified atom stereocenters. The monoisotopic (exact) mass is 954 g/mol. The Morgan fingerprint density at radius 2 is 0.653 bits per heavy atom. The molecule has 0 spiro atoms. The van der Waals surface area contributed by atoms with Crippen molar-refractivity contribution in [1.29, 1.82) is 0 Å². The summed E-state index contributed by atoms with van der Waals surface area (Å²) in [6.07, 6.45) is 8.98. The lowest BCUT2D eigenvalue weighted by Gasteiger charge is -2.38. The molecular formula is C64H62N2O6. The maximum Gasteiger partial charge on any atom is 0.178 e. The Hall–Kier alpha value is -6.88. The number of benzene rings is 8. The molecule has 0 aliphatic carbocycles. The minimum Gasteiger partial charge on any atom is -0.473 e. The van der Waals surface area contributed by atoms with Crippen LogP contribution in [-0.2, 0) is 43.2 Å². The number of fused-ring (bicyclic) bond motifs is 6. The first kappa shape index (κ1) is 47.4. The number of hydrogen-bond acceptors (Lipinski definition) is 8. The highest BCUT2D eigenvalue weighted by molar-refractivity contribution is 5.96. The van der Waals surface area contributed by atoms with E-state index >= 15 is 0 Å². The molecular weight excluding hydrogens is 893 g/mol. The van der Waals surface area contributed by atoms with Gasteiger partial charge in [-0.25, -0.2) is 0 Å². The molecule has 0 bridgehead atoms. The molecule has 8 heteroatoms. The van der Waals surface area contributed by atoms with Crippen LogP contribution in [0.3, 0.4) is 0 Å². The molecule has 72 heavy (non-hydrogen) atoms. The van der Waals surface area contributed by atoms with Crippen molar-refractivity contribution in [2.45, 2.75) is 24.3 Å². The SMILES string of the molecule is C1=CC(c2ccccc2)(c2ccccc2)Oc2c(CN3CCOCCOCCN(Cc4cc5ccccc5c5c4OC(c4ccccc4)(c4ccccc4)C=C5)CCOCCOCC3)cc3ccccc3c21. The van der Waals surface area contributed by atoms with E-state index in [0.717, 1.165) is 82.2 Å². The van der Waals surface area contributed by atoms with Crippen LogP contribution in [0.5, 0.6) is 11.5 Å². The van der Waals surface area contributed by atoms with Crippen LogP contribution in [0.15, 0.2) is 194 Å². The highest BCUT2D eigenvalue weighted by Gasteiger charge is 2.40. The molecule has 0 radical (unpaired) electrons. The zero-order valence-electron chi connectivity index (χ0n) is 40.9. The van der Waals surface area contributed by atoms with Gasteiger partial charge in [-0.3, -0.25) is 9.80 Å². The van der Waals surface area contributed by atoms with Crippen LogP contribution >= 0.6 is 0 Å². The van der Waals surface area contributed by atoms with Gasteiger partial charge in [0.1, 0.15) is 11.5 Å². The zero-order valence-corrected chi connectivity index (χ0v) is 40.9. The average Bonchev–Trinajstić information content (AvgIpc) is 3.44. The predicted octanol–water partition coefficient (Wildman–Crippen LogP) is 12.1. The van der Waals surface area contributed by atoms with Crippen molar-refractivity contribution in [1.82, 2.24) is 9.80 Å². The Morgan fingerprint density at radius 3 is 0.986 bits per heavy atom. The first-order valence-electron chi connectivity index (χ1n) is 25.5. The molecule has 1 fully saturated rings. The maximum absolute atomic E-state index is 7.39. The number of rotatable bonds is 8. The molecule has 364 valence electrons. The molecule has 0 aromatic heterocycles. The van der Waals surface area contributed by atoms with E-state index in [-0.39, 0.29) is 0 Å². The Bertz CT molecular complexity index is 2810. The highest BCUT2D eigenvalue weighted by Crippen LogP contribution is 2.48. The second-order valence-electron chi connectivity index (χ2n) is 18.8. The average molecular weight is 955 g/mol. The number of ether oxygens (including phenoxy) is 6. The molecule has 0 atom stereocenters. The lowest BCUT2D eigenvalue weighted by atomic mass is 9.82. The summed E-state index contributed by atoms with van der Waals surface area (Å²) in [6, 6.07) is 63.9. The van der Waals surface area contributed by atoms with Gasteiger partial charge in [0.2, 0.25) is 0 Å². The quantitative estimate of drug-likeness (QED) is 0.149. The summed E-state index contributed by atoms with van der Waals surface area (Å²) < 4.78 is 39.9. The summed E-state index contributed by atoms with van der Waals surface area (Å²) in [5.74, 6) is 1.80. The van der Waals surface area contributed by atoms with Crippen molar-refractivity contribution in [3.8, 4) is 11.5 Å². The second kappa shape index (κ2) is 22.3. The van der Waals surface area contributed by atoms with Gasteiger partial charge < -0.3 is 28.4 Å². The van der Waals surface area contributed by atoms with Crippen LogP contribution < -0.4 is 9.47 Å². The number of nitrogens with zero attached hydrogens (tertiary/aromatic N) is 2. The fourth-order valence-corrected chi connectivity index (χ4v) is 10.6. The first-order valence-corrected chi connectivity index (χ1v) is 25.5. The molecule has 0 amide bonds. The van der Waals surface area contributed by atoms with Crippen LogP contribution in [0.4, 0.5) is 0 Å². The normalized spacial score (nSPS) is 18.0. The zero-order chi connectivity index (χ0) is 48.4. The van der Waals surface area contributed by atoms with Gasteiger partial charge in [0.05, 0.1) is 52.9 Å². The Kier molecular flexibility index (Phi) is 14.7. The van der Waals surface area contributed by atoms with Gasteiger partial charge in [-0.2, -0.15) is 0 Å². The lowest BCUT2D eigenvalue weighted by molar-refractivity contribution is 0.00593. The van der Waals surface area contributed by atoms with Gasteiger partial charge in [0.25, 0.3) is 0 Å². The fourth-order valence-electron chi connectivity index (χ4n) is 10.6. The van der Waals surface area contributed by atoms with Crippen LogP contribution in [0, 0.1) is 0 Å². The molecule has 3 aliphatic heterocycles.